The number of non-ortho nitro benzene ring substituents is 1. The molecule has 1 aliphatic rings. The third-order valence-corrected chi connectivity index (χ3v) is 3.54. The standard InChI is InChI=1S/C12H15ClN2O2/c13-12-7-11(15(16)17)6-5-9(12)8-14-10-3-1-2-4-10/h5-7,10,14H,1-4,8H2. The predicted molar refractivity (Wildman–Crippen MR) is 67.2 cm³/mol. The summed E-state index contributed by atoms with van der Waals surface area (Å²) >= 11 is 6.01. The number of benzene rings is 1. The van der Waals surface area contributed by atoms with Crippen LogP contribution >= 0.6 is 11.6 Å². The Bertz CT molecular complexity index is 417. The molecule has 0 atom stereocenters. The van der Waals surface area contributed by atoms with Gasteiger partial charge in [-0.15, -0.1) is 0 Å². The summed E-state index contributed by atoms with van der Waals surface area (Å²) in [6.07, 6.45) is 4.99. The Morgan fingerprint density at radius 2 is 2.12 bits per heavy atom. The highest BCUT2D eigenvalue weighted by Crippen LogP contribution is 2.23. The van der Waals surface area contributed by atoms with Gasteiger partial charge in [-0.25, -0.2) is 0 Å². The van der Waals surface area contributed by atoms with Crippen LogP contribution in [-0.4, -0.2) is 11.0 Å². The molecule has 92 valence electrons. The number of nitro benzene ring substituents is 1. The normalized spacial score (nSPS) is 16.3. The fourth-order valence-corrected chi connectivity index (χ4v) is 2.42. The van der Waals surface area contributed by atoms with Crippen LogP contribution < -0.4 is 5.32 Å². The maximum atomic E-state index is 10.6. The van der Waals surface area contributed by atoms with Crippen LogP contribution in [0, 0.1) is 10.1 Å². The average Bonchev–Trinajstić information content (AvgIpc) is 2.80. The van der Waals surface area contributed by atoms with E-state index in [1.165, 1.54) is 37.8 Å². The third-order valence-electron chi connectivity index (χ3n) is 3.18. The number of rotatable bonds is 4. The molecule has 1 aliphatic carbocycles. The minimum Gasteiger partial charge on any atom is -0.310 e. The molecule has 5 heteroatoms. The Kier molecular flexibility index (Phi) is 3.97. The smallest absolute Gasteiger partial charge is 0.270 e. The summed E-state index contributed by atoms with van der Waals surface area (Å²) in [5.74, 6) is 0. The predicted octanol–water partition coefficient (Wildman–Crippen LogP) is 3.28. The summed E-state index contributed by atoms with van der Waals surface area (Å²) in [5.41, 5.74) is 0.962. The second-order valence-electron chi connectivity index (χ2n) is 4.40. The van der Waals surface area contributed by atoms with Crippen molar-refractivity contribution in [3.63, 3.8) is 0 Å². The van der Waals surface area contributed by atoms with Gasteiger partial charge < -0.3 is 5.32 Å². The molecular formula is C12H15ClN2O2. The molecule has 1 N–H and O–H groups in total. The summed E-state index contributed by atoms with van der Waals surface area (Å²) in [6.45, 7) is 0.682. The molecule has 0 bridgehead atoms. The molecule has 1 fully saturated rings. The lowest BCUT2D eigenvalue weighted by atomic mass is 10.2. The summed E-state index contributed by atoms with van der Waals surface area (Å²) < 4.78 is 0. The topological polar surface area (TPSA) is 55.2 Å². The molecule has 4 nitrogen and oxygen atoms in total. The van der Waals surface area contributed by atoms with Gasteiger partial charge in [-0.1, -0.05) is 24.4 Å². The Balaban J connectivity index is 1.98. The first-order chi connectivity index (χ1) is 8.16. The molecule has 0 aromatic heterocycles. The molecule has 0 heterocycles. The summed E-state index contributed by atoms with van der Waals surface area (Å²) in [5, 5.41) is 14.5. The number of nitro groups is 1. The quantitative estimate of drug-likeness (QED) is 0.663. The van der Waals surface area contributed by atoms with Crippen molar-refractivity contribution in [2.75, 3.05) is 0 Å². The monoisotopic (exact) mass is 254 g/mol. The van der Waals surface area contributed by atoms with Crippen molar-refractivity contribution in [2.24, 2.45) is 0 Å². The van der Waals surface area contributed by atoms with Gasteiger partial charge in [0.15, 0.2) is 0 Å². The van der Waals surface area contributed by atoms with Crippen molar-refractivity contribution in [1.29, 1.82) is 0 Å². The molecule has 1 aromatic rings. The van der Waals surface area contributed by atoms with Gasteiger partial charge in [0.2, 0.25) is 0 Å². The van der Waals surface area contributed by atoms with Gasteiger partial charge in [-0.2, -0.15) is 0 Å². The molecule has 1 saturated carbocycles. The number of nitrogens with zero attached hydrogens (tertiary/aromatic N) is 1. The van der Waals surface area contributed by atoms with E-state index >= 15 is 0 Å². The van der Waals surface area contributed by atoms with E-state index in [1.807, 2.05) is 0 Å². The third kappa shape index (κ3) is 3.17. The minimum atomic E-state index is -0.430. The van der Waals surface area contributed by atoms with Gasteiger partial charge in [0.1, 0.15) is 0 Å². The van der Waals surface area contributed by atoms with E-state index in [0.29, 0.717) is 17.6 Å². The molecule has 1 aromatic carbocycles. The van der Waals surface area contributed by atoms with Crippen LogP contribution in [-0.2, 0) is 6.54 Å². The Morgan fingerprint density at radius 3 is 2.71 bits per heavy atom. The second-order valence-corrected chi connectivity index (χ2v) is 4.80. The SMILES string of the molecule is O=[N+]([O-])c1ccc(CNC2CCCC2)c(Cl)c1. The molecule has 0 aliphatic heterocycles. The molecular weight excluding hydrogens is 240 g/mol. The van der Waals surface area contributed by atoms with Crippen LogP contribution in [0.4, 0.5) is 5.69 Å². The molecule has 0 saturated heterocycles. The van der Waals surface area contributed by atoms with Gasteiger partial charge in [0.05, 0.1) is 9.95 Å². The van der Waals surface area contributed by atoms with Gasteiger partial charge >= 0.3 is 0 Å². The first-order valence-corrected chi connectivity index (χ1v) is 6.21. The largest absolute Gasteiger partial charge is 0.310 e. The van der Waals surface area contributed by atoms with Crippen LogP contribution in [0.25, 0.3) is 0 Å². The van der Waals surface area contributed by atoms with Crippen LogP contribution in [0.1, 0.15) is 31.2 Å². The highest BCUT2D eigenvalue weighted by atomic mass is 35.5. The Labute approximate surface area is 105 Å². The van der Waals surface area contributed by atoms with Gasteiger partial charge in [0, 0.05) is 24.7 Å². The number of hydrogen-bond acceptors (Lipinski definition) is 3. The van der Waals surface area contributed by atoms with E-state index < -0.39 is 4.92 Å². The summed E-state index contributed by atoms with van der Waals surface area (Å²) in [4.78, 5) is 10.1. The van der Waals surface area contributed by atoms with Gasteiger partial charge in [-0.3, -0.25) is 10.1 Å². The first-order valence-electron chi connectivity index (χ1n) is 5.83. The number of halogens is 1. The number of nitrogens with one attached hydrogen (secondary N) is 1. The molecule has 0 unspecified atom stereocenters. The maximum absolute atomic E-state index is 10.6. The van der Waals surface area contributed by atoms with Crippen LogP contribution in [0.3, 0.4) is 0 Å². The average molecular weight is 255 g/mol. The highest BCUT2D eigenvalue weighted by Gasteiger charge is 2.15. The fraction of sp³-hybridized carbons (Fsp3) is 0.500. The van der Waals surface area contributed by atoms with E-state index in [9.17, 15) is 10.1 Å². The van der Waals surface area contributed by atoms with Crippen LogP contribution in [0.15, 0.2) is 18.2 Å². The van der Waals surface area contributed by atoms with Crippen molar-refractivity contribution in [1.82, 2.24) is 5.32 Å². The maximum Gasteiger partial charge on any atom is 0.270 e. The molecule has 0 amide bonds. The molecule has 0 spiro atoms. The van der Waals surface area contributed by atoms with E-state index in [2.05, 4.69) is 5.32 Å². The van der Waals surface area contributed by atoms with Crippen molar-refractivity contribution in [2.45, 2.75) is 38.3 Å². The first kappa shape index (κ1) is 12.3. The van der Waals surface area contributed by atoms with E-state index in [1.54, 1.807) is 6.07 Å². The van der Waals surface area contributed by atoms with Crippen molar-refractivity contribution in [3.05, 3.63) is 38.9 Å². The number of hydrogen-bond donors (Lipinski definition) is 1. The van der Waals surface area contributed by atoms with E-state index in [0.717, 1.165) is 5.56 Å². The van der Waals surface area contributed by atoms with Gasteiger partial charge in [-0.05, 0) is 24.5 Å². The zero-order chi connectivity index (χ0) is 12.3. The van der Waals surface area contributed by atoms with Crippen molar-refractivity contribution >= 4 is 17.3 Å². The molecule has 0 radical (unpaired) electrons. The van der Waals surface area contributed by atoms with E-state index in [4.69, 9.17) is 11.6 Å². The lowest BCUT2D eigenvalue weighted by Gasteiger charge is -2.12. The van der Waals surface area contributed by atoms with Crippen molar-refractivity contribution < 1.29 is 4.92 Å². The minimum absolute atomic E-state index is 0.0413. The van der Waals surface area contributed by atoms with Crippen molar-refractivity contribution in [3.8, 4) is 0 Å². The summed E-state index contributed by atoms with van der Waals surface area (Å²) in [7, 11) is 0. The lowest BCUT2D eigenvalue weighted by Crippen LogP contribution is -2.25. The van der Waals surface area contributed by atoms with Crippen LogP contribution in [0.5, 0.6) is 0 Å². The molecule has 17 heavy (non-hydrogen) atoms. The zero-order valence-electron chi connectivity index (χ0n) is 9.49. The van der Waals surface area contributed by atoms with E-state index in [-0.39, 0.29) is 5.69 Å². The molecule has 2 rings (SSSR count). The second kappa shape index (κ2) is 5.47. The highest BCUT2D eigenvalue weighted by molar-refractivity contribution is 6.31. The van der Waals surface area contributed by atoms with Crippen LogP contribution in [0.2, 0.25) is 5.02 Å². The Morgan fingerprint density at radius 1 is 1.41 bits per heavy atom. The summed E-state index contributed by atoms with van der Waals surface area (Å²) in [6, 6.07) is 5.20. The van der Waals surface area contributed by atoms with Gasteiger partial charge in [0.25, 0.3) is 5.69 Å². The fourth-order valence-electron chi connectivity index (χ4n) is 2.18. The Hall–Kier alpha value is -1.13. The zero-order valence-corrected chi connectivity index (χ0v) is 10.2. The lowest BCUT2D eigenvalue weighted by molar-refractivity contribution is -0.384.